The summed E-state index contributed by atoms with van der Waals surface area (Å²) in [6.45, 7) is 0. The maximum Gasteiger partial charge on any atom is 0.369 e. The lowest BCUT2D eigenvalue weighted by atomic mass is 10.2. The maximum absolute atomic E-state index is 5.75. The highest BCUT2D eigenvalue weighted by Gasteiger charge is 2.23. The third-order valence-corrected chi connectivity index (χ3v) is 2.92. The molecular weight excluding hydrogens is 293 g/mol. The molecule has 1 aliphatic heterocycles. The fourth-order valence-electron chi connectivity index (χ4n) is 2.03. The third-order valence-electron chi connectivity index (χ3n) is 2.92. The second-order valence-electron chi connectivity index (χ2n) is 4.32. The number of nitrogens with two attached hydrogens (primary N) is 2. The number of nitrogen functional groups attached to an aromatic ring is 1. The lowest BCUT2D eigenvalue weighted by Gasteiger charge is -1.93. The first-order valence-electron chi connectivity index (χ1n) is 5.93. The molecule has 0 unspecified atom stereocenters. The summed E-state index contributed by atoms with van der Waals surface area (Å²) in [5.74, 6) is 1.10. The van der Waals surface area contributed by atoms with Crippen LogP contribution in [0.2, 0.25) is 0 Å². The van der Waals surface area contributed by atoms with Crippen LogP contribution in [0, 0.1) is 0 Å². The number of para-hydroxylation sites is 2. The number of halogens is 2. The van der Waals surface area contributed by atoms with E-state index in [1.165, 1.54) is 5.69 Å². The average molecular weight is 308 g/mol. The van der Waals surface area contributed by atoms with E-state index in [1.54, 1.807) is 0 Å². The van der Waals surface area contributed by atoms with Crippen LogP contribution >= 0.6 is 0 Å². The van der Waals surface area contributed by atoms with Gasteiger partial charge in [0.15, 0.2) is 0 Å². The Bertz CT molecular complexity index is 651. The third kappa shape index (κ3) is 3.61. The minimum atomic E-state index is 0. The van der Waals surface area contributed by atoms with E-state index in [2.05, 4.69) is 34.6 Å². The number of amidine groups is 1. The molecule has 0 fully saturated rings. The highest BCUT2D eigenvalue weighted by atomic mass is 35.5. The topological polar surface area (TPSA) is 56.6 Å². The van der Waals surface area contributed by atoms with Crippen LogP contribution in [0.1, 0.15) is 5.56 Å². The Balaban J connectivity index is 0.000001000. The standard InChI is InChI=1S/C15H13N3.2ClH/c16-12-5-3-4-11(10-12)8-9-15-17-13-6-1-2-7-14(13)18-15;;/h1-10H,16H2,(H,17,18);2*1H/b9-8+;;. The number of benzene rings is 2. The van der Waals surface area contributed by atoms with E-state index < -0.39 is 0 Å². The highest BCUT2D eigenvalue weighted by molar-refractivity contribution is 5.89. The normalized spacial score (nSPS) is 12.3. The van der Waals surface area contributed by atoms with Gasteiger partial charge in [-0.3, -0.25) is 0 Å². The number of hydrogen-bond acceptors (Lipinski definition) is 1. The van der Waals surface area contributed by atoms with Crippen LogP contribution < -0.4 is 40.9 Å². The van der Waals surface area contributed by atoms with E-state index >= 15 is 0 Å². The number of anilines is 1. The Kier molecular flexibility index (Phi) is 5.77. The van der Waals surface area contributed by atoms with Gasteiger partial charge in [-0.1, -0.05) is 24.3 Å². The van der Waals surface area contributed by atoms with Gasteiger partial charge >= 0.3 is 5.84 Å². The summed E-state index contributed by atoms with van der Waals surface area (Å²) in [6.07, 6.45) is 4.12. The van der Waals surface area contributed by atoms with Crippen molar-refractivity contribution in [2.75, 3.05) is 5.73 Å². The van der Waals surface area contributed by atoms with Gasteiger partial charge in [0, 0.05) is 17.8 Å². The second-order valence-corrected chi connectivity index (χ2v) is 4.32. The zero-order valence-electron chi connectivity index (χ0n) is 10.7. The molecule has 20 heavy (non-hydrogen) atoms. The Morgan fingerprint density at radius 2 is 1.75 bits per heavy atom. The molecule has 0 atom stereocenters. The van der Waals surface area contributed by atoms with Crippen molar-refractivity contribution in [1.82, 2.24) is 0 Å². The zero-order valence-corrected chi connectivity index (χ0v) is 12.2. The van der Waals surface area contributed by atoms with Gasteiger partial charge in [0.25, 0.3) is 5.69 Å². The van der Waals surface area contributed by atoms with Crippen molar-refractivity contribution in [1.29, 1.82) is 0 Å². The van der Waals surface area contributed by atoms with Crippen LogP contribution in [-0.4, -0.2) is 5.84 Å². The first-order valence-corrected chi connectivity index (χ1v) is 5.93. The van der Waals surface area contributed by atoms with Crippen molar-refractivity contribution in [2.24, 2.45) is 0 Å². The molecule has 3 rings (SSSR count). The van der Waals surface area contributed by atoms with Gasteiger partial charge in [-0.2, -0.15) is 4.99 Å². The molecule has 0 bridgehead atoms. The molecule has 0 saturated carbocycles. The fourth-order valence-corrected chi connectivity index (χ4v) is 2.03. The molecule has 0 aliphatic carbocycles. The minimum absolute atomic E-state index is 0. The first-order chi connectivity index (χ1) is 8.81. The van der Waals surface area contributed by atoms with E-state index in [9.17, 15) is 0 Å². The lowest BCUT2D eigenvalue weighted by molar-refractivity contribution is -0.482. The van der Waals surface area contributed by atoms with E-state index in [1.807, 2.05) is 36.4 Å². The molecule has 0 radical (unpaired) electrons. The number of fused-ring (bicyclic) bond motifs is 1. The Morgan fingerprint density at radius 1 is 0.950 bits per heavy atom. The quantitative estimate of drug-likeness (QED) is 0.476. The number of quaternary nitrogens is 1. The van der Waals surface area contributed by atoms with Crippen molar-refractivity contribution in [3.8, 4) is 0 Å². The Hall–Kier alpha value is -1.81. The van der Waals surface area contributed by atoms with Gasteiger partial charge in [0.2, 0.25) is 5.69 Å². The predicted molar refractivity (Wildman–Crippen MR) is 73.5 cm³/mol. The van der Waals surface area contributed by atoms with Gasteiger partial charge in [0.05, 0.1) is 6.08 Å². The molecule has 1 aliphatic rings. The summed E-state index contributed by atoms with van der Waals surface area (Å²) in [5, 5.41) is 2.14. The Morgan fingerprint density at radius 3 is 2.50 bits per heavy atom. The molecule has 2 aromatic carbocycles. The van der Waals surface area contributed by atoms with Gasteiger partial charge in [-0.05, 0) is 23.8 Å². The smallest absolute Gasteiger partial charge is 0.369 e. The molecule has 104 valence electrons. The molecule has 5 N–H and O–H groups in total. The van der Waals surface area contributed by atoms with Crippen LogP contribution in [0.15, 0.2) is 54.6 Å². The van der Waals surface area contributed by atoms with Gasteiger partial charge < -0.3 is 30.5 Å². The van der Waals surface area contributed by atoms with E-state index in [0.29, 0.717) is 0 Å². The van der Waals surface area contributed by atoms with Gasteiger partial charge in [-0.15, -0.1) is 0 Å². The molecule has 0 spiro atoms. The van der Waals surface area contributed by atoms with Crippen molar-refractivity contribution in [3.63, 3.8) is 0 Å². The van der Waals surface area contributed by atoms with Crippen molar-refractivity contribution >= 4 is 29.0 Å². The van der Waals surface area contributed by atoms with Crippen LogP contribution in [-0.2, 0) is 0 Å². The summed E-state index contributed by atoms with van der Waals surface area (Å²) in [4.78, 5) is 3.36. The number of nitrogens with one attached hydrogen (secondary N) is 1. The molecular formula is C15H15Cl2N3. The highest BCUT2D eigenvalue weighted by Crippen LogP contribution is 2.11. The number of hydrogen-bond donors (Lipinski definition) is 3. The molecule has 5 heteroatoms. The van der Waals surface area contributed by atoms with E-state index in [4.69, 9.17) is 5.73 Å². The van der Waals surface area contributed by atoms with E-state index in [-0.39, 0.29) is 24.8 Å². The summed E-state index contributed by atoms with van der Waals surface area (Å²) in [6, 6.07) is 16.1. The molecule has 3 nitrogen and oxygen atoms in total. The van der Waals surface area contributed by atoms with E-state index in [0.717, 1.165) is 22.8 Å². The van der Waals surface area contributed by atoms with Crippen molar-refractivity contribution in [2.45, 2.75) is 0 Å². The van der Waals surface area contributed by atoms with Gasteiger partial charge in [-0.25, -0.2) is 5.32 Å². The SMILES string of the molecule is Nc1cccc(/C=C/C2=[NH+]c3ccccc3[NH2+]2)c1.[Cl-].[Cl-]. The molecule has 1 heterocycles. The monoisotopic (exact) mass is 307 g/mol. The van der Waals surface area contributed by atoms with Crippen LogP contribution in [0.4, 0.5) is 17.1 Å². The van der Waals surface area contributed by atoms with Crippen LogP contribution in [0.25, 0.3) is 6.08 Å². The molecule has 2 aromatic rings. The van der Waals surface area contributed by atoms with Crippen molar-refractivity contribution < 1.29 is 35.1 Å². The molecule has 0 amide bonds. The predicted octanol–water partition coefficient (Wildman–Crippen LogP) is -5.69. The van der Waals surface area contributed by atoms with Crippen LogP contribution in [0.3, 0.4) is 0 Å². The maximum atomic E-state index is 5.75. The summed E-state index contributed by atoms with van der Waals surface area (Å²) < 4.78 is 0. The molecule has 0 aromatic heterocycles. The molecule has 0 saturated heterocycles. The average Bonchev–Trinajstić information content (AvgIpc) is 2.79. The minimum Gasteiger partial charge on any atom is -1.00 e. The zero-order chi connectivity index (χ0) is 12.4. The number of rotatable bonds is 2. The largest absolute Gasteiger partial charge is 1.00 e. The second kappa shape index (κ2) is 7.10. The van der Waals surface area contributed by atoms with Crippen LogP contribution in [0.5, 0.6) is 0 Å². The fraction of sp³-hybridized carbons (Fsp3) is 0. The lowest BCUT2D eigenvalue weighted by Crippen LogP contribution is -3.00. The Labute approximate surface area is 130 Å². The summed E-state index contributed by atoms with van der Waals surface area (Å²) in [5.41, 5.74) is 10.0. The van der Waals surface area contributed by atoms with Gasteiger partial charge in [0.1, 0.15) is 0 Å². The van der Waals surface area contributed by atoms with Crippen molar-refractivity contribution in [3.05, 3.63) is 60.2 Å². The summed E-state index contributed by atoms with van der Waals surface area (Å²) in [7, 11) is 0. The first kappa shape index (κ1) is 16.2. The summed E-state index contributed by atoms with van der Waals surface area (Å²) >= 11 is 0.